The molecule has 0 saturated carbocycles. The van der Waals surface area contributed by atoms with Gasteiger partial charge in [0.25, 0.3) is 0 Å². The monoisotopic (exact) mass is 560 g/mol. The molecule has 6 rings (SSSR count). The van der Waals surface area contributed by atoms with Crippen LogP contribution in [0, 0.1) is 0 Å². The van der Waals surface area contributed by atoms with Crippen molar-refractivity contribution in [2.45, 2.75) is 25.4 Å². The fraction of sp³-hybridized carbons (Fsp3) is 0.321. The average molecular weight is 561 g/mol. The molecular formula is C28H29ClN8O3. The largest absolute Gasteiger partial charge is 0.383 e. The topological polar surface area (TPSA) is 123 Å². The average Bonchev–Trinajstić information content (AvgIpc) is 3.51. The number of benzene rings is 1. The fourth-order valence-electron chi connectivity index (χ4n) is 5.47. The van der Waals surface area contributed by atoms with Crippen LogP contribution in [-0.2, 0) is 16.1 Å². The molecule has 0 radical (unpaired) electrons. The van der Waals surface area contributed by atoms with Crippen molar-refractivity contribution in [2.75, 3.05) is 38.7 Å². The van der Waals surface area contributed by atoms with Gasteiger partial charge < -0.3 is 19.5 Å². The van der Waals surface area contributed by atoms with Gasteiger partial charge in [-0.2, -0.15) is 0 Å². The van der Waals surface area contributed by atoms with Crippen molar-refractivity contribution in [3.8, 4) is 11.1 Å². The van der Waals surface area contributed by atoms with Crippen molar-refractivity contribution in [2.24, 2.45) is 0 Å². The second-order valence-corrected chi connectivity index (χ2v) is 10.2. The van der Waals surface area contributed by atoms with Crippen LogP contribution in [0.1, 0.15) is 18.9 Å². The Morgan fingerprint density at radius 3 is 2.75 bits per heavy atom. The molecule has 1 aromatic carbocycles. The van der Waals surface area contributed by atoms with Crippen LogP contribution < -0.4 is 11.0 Å². The second kappa shape index (κ2) is 11.1. The summed E-state index contributed by atoms with van der Waals surface area (Å²) >= 11 is 6.58. The number of rotatable bonds is 8. The number of aromatic nitrogens is 6. The molecule has 1 amide bonds. The summed E-state index contributed by atoms with van der Waals surface area (Å²) in [7, 11) is 1.65. The quantitative estimate of drug-likeness (QED) is 0.277. The predicted molar refractivity (Wildman–Crippen MR) is 154 cm³/mol. The summed E-state index contributed by atoms with van der Waals surface area (Å²) in [6.45, 7) is 2.32. The Kier molecular flexibility index (Phi) is 7.23. The lowest BCUT2D eigenvalue weighted by Gasteiger charge is -2.32. The van der Waals surface area contributed by atoms with E-state index in [1.165, 1.54) is 6.33 Å². The second-order valence-electron chi connectivity index (χ2n) is 9.77. The number of hydrogen-bond acceptors (Lipinski definition) is 7. The van der Waals surface area contributed by atoms with E-state index in [1.807, 2.05) is 52.1 Å². The first-order valence-corrected chi connectivity index (χ1v) is 13.6. The molecular weight excluding hydrogens is 532 g/mol. The number of nitrogens with zero attached hydrogens (tertiary/aromatic N) is 6. The molecule has 0 spiro atoms. The maximum atomic E-state index is 13.5. The molecule has 1 aliphatic rings. The number of nitrogens with one attached hydrogen (secondary N) is 2. The van der Waals surface area contributed by atoms with Crippen LogP contribution in [0.3, 0.4) is 0 Å². The number of aromatic amines is 1. The van der Waals surface area contributed by atoms with Crippen LogP contribution in [0.25, 0.3) is 33.3 Å². The molecule has 1 fully saturated rings. The number of H-pyrrole nitrogens is 1. The number of methoxy groups -OCH3 is 1. The summed E-state index contributed by atoms with van der Waals surface area (Å²) in [5.41, 5.74) is 3.53. The van der Waals surface area contributed by atoms with Gasteiger partial charge in [0, 0.05) is 61.3 Å². The number of likely N-dealkylation sites (tertiary alicyclic amines) is 1. The molecule has 0 atom stereocenters. The van der Waals surface area contributed by atoms with Crippen molar-refractivity contribution >= 4 is 45.5 Å². The third-order valence-corrected chi connectivity index (χ3v) is 7.72. The third kappa shape index (κ3) is 4.82. The standard InChI is InChI=1S/C28H29ClN8O3/c1-40-14-11-31-26-24-20(19-5-2-3-6-21(19)29)15-36(27(24)33-17-32-26)16-23(38)35-12-8-18(9-13-35)37-22-7-4-10-30-25(22)34-28(37)39/h2-7,10,15,17-18H,8-9,11-14,16H2,1H3,(H,30,34,39)(H,31,32,33). The summed E-state index contributed by atoms with van der Waals surface area (Å²) < 4.78 is 8.82. The van der Waals surface area contributed by atoms with E-state index in [0.717, 1.165) is 22.0 Å². The number of halogens is 1. The first-order valence-electron chi connectivity index (χ1n) is 13.2. The molecule has 206 valence electrons. The Morgan fingerprint density at radius 1 is 1.12 bits per heavy atom. The number of pyridine rings is 1. The van der Waals surface area contributed by atoms with Gasteiger partial charge in [-0.15, -0.1) is 0 Å². The minimum absolute atomic E-state index is 0.00204. The number of carbonyl (C=O) groups is 1. The van der Waals surface area contributed by atoms with Gasteiger partial charge >= 0.3 is 5.69 Å². The van der Waals surface area contributed by atoms with Crippen LogP contribution in [0.2, 0.25) is 5.02 Å². The molecule has 1 aliphatic heterocycles. The molecule has 40 heavy (non-hydrogen) atoms. The van der Waals surface area contributed by atoms with Gasteiger partial charge in [-0.25, -0.2) is 19.7 Å². The van der Waals surface area contributed by atoms with Crippen molar-refractivity contribution in [1.29, 1.82) is 0 Å². The van der Waals surface area contributed by atoms with E-state index in [4.69, 9.17) is 16.3 Å². The SMILES string of the molecule is COCCNc1ncnc2c1c(-c1ccccc1Cl)cn2CC(=O)N1CCC(n2c(=O)[nH]c3ncccc32)CC1. The van der Waals surface area contributed by atoms with Gasteiger partial charge in [0.1, 0.15) is 24.3 Å². The molecule has 11 nitrogen and oxygen atoms in total. The van der Waals surface area contributed by atoms with Crippen molar-refractivity contribution in [1.82, 2.24) is 34.0 Å². The molecule has 1 saturated heterocycles. The van der Waals surface area contributed by atoms with E-state index in [2.05, 4.69) is 25.3 Å². The Morgan fingerprint density at radius 2 is 1.95 bits per heavy atom. The van der Waals surface area contributed by atoms with Crippen LogP contribution in [-0.4, -0.2) is 73.2 Å². The van der Waals surface area contributed by atoms with Gasteiger partial charge in [0.2, 0.25) is 5.91 Å². The summed E-state index contributed by atoms with van der Waals surface area (Å²) in [5.74, 6) is 0.643. The lowest BCUT2D eigenvalue weighted by molar-refractivity contribution is -0.133. The van der Waals surface area contributed by atoms with Crippen molar-refractivity contribution < 1.29 is 9.53 Å². The van der Waals surface area contributed by atoms with Crippen LogP contribution >= 0.6 is 11.6 Å². The van der Waals surface area contributed by atoms with Crippen molar-refractivity contribution in [3.05, 3.63) is 70.6 Å². The first kappa shape index (κ1) is 26.0. The minimum Gasteiger partial charge on any atom is -0.383 e. The van der Waals surface area contributed by atoms with Gasteiger partial charge in [-0.3, -0.25) is 14.3 Å². The summed E-state index contributed by atoms with van der Waals surface area (Å²) in [5, 5.41) is 4.72. The smallest absolute Gasteiger partial charge is 0.327 e. The fourth-order valence-corrected chi connectivity index (χ4v) is 5.71. The highest BCUT2D eigenvalue weighted by Gasteiger charge is 2.27. The zero-order chi connectivity index (χ0) is 27.6. The highest BCUT2D eigenvalue weighted by molar-refractivity contribution is 6.33. The zero-order valence-corrected chi connectivity index (χ0v) is 22.8. The lowest BCUT2D eigenvalue weighted by atomic mass is 10.0. The number of ether oxygens (including phenoxy) is 1. The number of anilines is 1. The molecule has 0 unspecified atom stereocenters. The normalized spacial score (nSPS) is 14.3. The number of fused-ring (bicyclic) bond motifs is 2. The Balaban J connectivity index is 1.25. The highest BCUT2D eigenvalue weighted by Crippen LogP contribution is 2.37. The van der Waals surface area contributed by atoms with E-state index < -0.39 is 0 Å². The summed E-state index contributed by atoms with van der Waals surface area (Å²) in [6, 6.07) is 11.3. The van der Waals surface area contributed by atoms with E-state index in [1.54, 1.807) is 17.9 Å². The summed E-state index contributed by atoms with van der Waals surface area (Å²) in [4.78, 5) is 44.1. The van der Waals surface area contributed by atoms with Gasteiger partial charge in [-0.05, 0) is 31.0 Å². The van der Waals surface area contributed by atoms with Crippen LogP contribution in [0.15, 0.2) is 59.9 Å². The van der Waals surface area contributed by atoms with Crippen LogP contribution in [0.5, 0.6) is 0 Å². The molecule has 12 heteroatoms. The van der Waals surface area contributed by atoms with Crippen molar-refractivity contribution in [3.63, 3.8) is 0 Å². The third-order valence-electron chi connectivity index (χ3n) is 7.39. The molecule has 5 aromatic rings. The summed E-state index contributed by atoms with van der Waals surface area (Å²) in [6.07, 6.45) is 6.44. The van der Waals surface area contributed by atoms with E-state index >= 15 is 0 Å². The number of piperidine rings is 1. The van der Waals surface area contributed by atoms with E-state index in [0.29, 0.717) is 61.2 Å². The number of carbonyl (C=O) groups excluding carboxylic acids is 1. The molecule has 2 N–H and O–H groups in total. The number of amides is 1. The number of hydrogen-bond donors (Lipinski definition) is 2. The van der Waals surface area contributed by atoms with Crippen LogP contribution in [0.4, 0.5) is 5.82 Å². The Labute approximate surface area is 234 Å². The minimum atomic E-state index is -0.168. The van der Waals surface area contributed by atoms with Gasteiger partial charge in [0.15, 0.2) is 5.65 Å². The van der Waals surface area contributed by atoms with E-state index in [-0.39, 0.29) is 24.2 Å². The molecule has 5 heterocycles. The Hall–Kier alpha value is -4.22. The van der Waals surface area contributed by atoms with Gasteiger partial charge in [-0.1, -0.05) is 29.8 Å². The Bertz CT molecular complexity index is 1730. The molecule has 0 aliphatic carbocycles. The number of imidazole rings is 1. The lowest BCUT2D eigenvalue weighted by Crippen LogP contribution is -2.41. The molecule has 4 aromatic heterocycles. The maximum Gasteiger partial charge on any atom is 0.327 e. The predicted octanol–water partition coefficient (Wildman–Crippen LogP) is 3.71. The van der Waals surface area contributed by atoms with Gasteiger partial charge in [0.05, 0.1) is 17.5 Å². The maximum absolute atomic E-state index is 13.5. The molecule has 0 bridgehead atoms. The zero-order valence-electron chi connectivity index (χ0n) is 22.0. The van der Waals surface area contributed by atoms with E-state index in [9.17, 15) is 9.59 Å². The first-order chi connectivity index (χ1) is 19.5. The highest BCUT2D eigenvalue weighted by atomic mass is 35.5.